The summed E-state index contributed by atoms with van der Waals surface area (Å²) in [5, 5.41) is 3.58. The SMILES string of the molecule is CCNC(CC(C)(C)OC)c1cc(C)ccc1C. The van der Waals surface area contributed by atoms with Crippen molar-refractivity contribution in [1.29, 1.82) is 0 Å². The van der Waals surface area contributed by atoms with Gasteiger partial charge in [-0.05, 0) is 51.8 Å². The molecule has 0 spiro atoms. The summed E-state index contributed by atoms with van der Waals surface area (Å²) in [6.45, 7) is 11.7. The average Bonchev–Trinajstić information content (AvgIpc) is 2.31. The third-order valence-corrected chi connectivity index (χ3v) is 3.51. The van der Waals surface area contributed by atoms with Crippen LogP contribution in [0.15, 0.2) is 18.2 Å². The lowest BCUT2D eigenvalue weighted by Gasteiger charge is -2.30. The fraction of sp³-hybridized carbons (Fsp3) is 0.625. The highest BCUT2D eigenvalue weighted by Crippen LogP contribution is 2.28. The molecule has 1 N–H and O–H groups in total. The van der Waals surface area contributed by atoms with Crippen molar-refractivity contribution in [3.63, 3.8) is 0 Å². The first-order chi connectivity index (χ1) is 8.39. The second kappa shape index (κ2) is 6.35. The van der Waals surface area contributed by atoms with Crippen molar-refractivity contribution >= 4 is 0 Å². The number of benzene rings is 1. The maximum atomic E-state index is 5.57. The maximum absolute atomic E-state index is 5.57. The Morgan fingerprint density at radius 2 is 1.94 bits per heavy atom. The van der Waals surface area contributed by atoms with Crippen molar-refractivity contribution in [1.82, 2.24) is 5.32 Å². The van der Waals surface area contributed by atoms with Gasteiger partial charge in [-0.2, -0.15) is 0 Å². The molecule has 1 rings (SSSR count). The van der Waals surface area contributed by atoms with E-state index in [2.05, 4.69) is 58.1 Å². The van der Waals surface area contributed by atoms with Crippen molar-refractivity contribution < 1.29 is 4.74 Å². The number of hydrogen-bond donors (Lipinski definition) is 1. The minimum atomic E-state index is -0.108. The normalized spacial score (nSPS) is 13.7. The van der Waals surface area contributed by atoms with Gasteiger partial charge >= 0.3 is 0 Å². The first-order valence-corrected chi connectivity index (χ1v) is 6.75. The Bertz CT molecular complexity index is 385. The molecule has 2 heteroatoms. The Hall–Kier alpha value is -0.860. The van der Waals surface area contributed by atoms with Gasteiger partial charge in [0, 0.05) is 13.2 Å². The lowest BCUT2D eigenvalue weighted by Crippen LogP contribution is -2.32. The van der Waals surface area contributed by atoms with Crippen LogP contribution in [0, 0.1) is 13.8 Å². The van der Waals surface area contributed by atoms with Gasteiger partial charge in [0.2, 0.25) is 0 Å². The van der Waals surface area contributed by atoms with Crippen molar-refractivity contribution in [3.8, 4) is 0 Å². The van der Waals surface area contributed by atoms with E-state index in [1.54, 1.807) is 7.11 Å². The lowest BCUT2D eigenvalue weighted by molar-refractivity contribution is 0.00692. The maximum Gasteiger partial charge on any atom is 0.0640 e. The van der Waals surface area contributed by atoms with Crippen LogP contribution in [0.2, 0.25) is 0 Å². The molecule has 0 radical (unpaired) electrons. The van der Waals surface area contributed by atoms with Gasteiger partial charge in [0.1, 0.15) is 0 Å². The number of nitrogens with one attached hydrogen (secondary N) is 1. The van der Waals surface area contributed by atoms with Gasteiger partial charge < -0.3 is 10.1 Å². The third kappa shape index (κ3) is 4.11. The van der Waals surface area contributed by atoms with Gasteiger partial charge in [0.25, 0.3) is 0 Å². The molecule has 2 nitrogen and oxygen atoms in total. The lowest BCUT2D eigenvalue weighted by atomic mass is 9.90. The minimum Gasteiger partial charge on any atom is -0.379 e. The zero-order chi connectivity index (χ0) is 13.8. The number of aryl methyl sites for hydroxylation is 2. The second-order valence-electron chi connectivity index (χ2n) is 5.64. The summed E-state index contributed by atoms with van der Waals surface area (Å²) in [4.78, 5) is 0. The van der Waals surface area contributed by atoms with Crippen LogP contribution in [0.4, 0.5) is 0 Å². The van der Waals surface area contributed by atoms with Crippen molar-refractivity contribution in [2.45, 2.75) is 52.7 Å². The number of rotatable bonds is 6. The smallest absolute Gasteiger partial charge is 0.0640 e. The zero-order valence-electron chi connectivity index (χ0n) is 12.6. The van der Waals surface area contributed by atoms with Gasteiger partial charge in [0.05, 0.1) is 5.60 Å². The van der Waals surface area contributed by atoms with Crippen LogP contribution >= 0.6 is 0 Å². The molecule has 0 saturated carbocycles. The predicted octanol–water partition coefficient (Wildman–Crippen LogP) is 3.77. The summed E-state index contributed by atoms with van der Waals surface area (Å²) in [6, 6.07) is 7.01. The molecule has 1 aromatic rings. The molecule has 18 heavy (non-hydrogen) atoms. The summed E-state index contributed by atoms with van der Waals surface area (Å²) in [7, 11) is 1.78. The Morgan fingerprint density at radius 1 is 1.28 bits per heavy atom. The van der Waals surface area contributed by atoms with Gasteiger partial charge in [0.15, 0.2) is 0 Å². The summed E-state index contributed by atoms with van der Waals surface area (Å²) >= 11 is 0. The molecule has 0 aromatic heterocycles. The molecule has 0 bridgehead atoms. The highest BCUT2D eigenvalue weighted by molar-refractivity contribution is 5.33. The highest BCUT2D eigenvalue weighted by Gasteiger charge is 2.24. The standard InChI is InChI=1S/C16H27NO/c1-7-17-15(11-16(4,5)18-6)14-10-12(2)8-9-13(14)3/h8-10,15,17H,7,11H2,1-6H3. The van der Waals surface area contributed by atoms with E-state index in [0.29, 0.717) is 6.04 Å². The van der Waals surface area contributed by atoms with Crippen molar-refractivity contribution in [2.75, 3.05) is 13.7 Å². The molecule has 0 aliphatic carbocycles. The summed E-state index contributed by atoms with van der Waals surface area (Å²) in [5.41, 5.74) is 3.94. The fourth-order valence-corrected chi connectivity index (χ4v) is 2.25. The molecule has 1 atom stereocenters. The summed E-state index contributed by atoms with van der Waals surface area (Å²) in [6.07, 6.45) is 0.974. The van der Waals surface area contributed by atoms with Crippen molar-refractivity contribution in [2.24, 2.45) is 0 Å². The molecule has 0 aliphatic rings. The molecule has 0 saturated heterocycles. The molecule has 0 fully saturated rings. The van der Waals surface area contributed by atoms with Gasteiger partial charge in [-0.1, -0.05) is 30.7 Å². The van der Waals surface area contributed by atoms with Crippen LogP contribution in [0.1, 0.15) is 49.9 Å². The number of methoxy groups -OCH3 is 1. The van der Waals surface area contributed by atoms with E-state index in [1.165, 1.54) is 16.7 Å². The fourth-order valence-electron chi connectivity index (χ4n) is 2.25. The molecular weight excluding hydrogens is 222 g/mol. The van der Waals surface area contributed by atoms with E-state index in [0.717, 1.165) is 13.0 Å². The van der Waals surface area contributed by atoms with E-state index in [1.807, 2.05) is 0 Å². The minimum absolute atomic E-state index is 0.108. The second-order valence-corrected chi connectivity index (χ2v) is 5.64. The van der Waals surface area contributed by atoms with Crippen LogP contribution in [-0.4, -0.2) is 19.3 Å². The van der Waals surface area contributed by atoms with Crippen LogP contribution in [0.3, 0.4) is 0 Å². The zero-order valence-corrected chi connectivity index (χ0v) is 12.6. The Labute approximate surface area is 112 Å². The van der Waals surface area contributed by atoms with Gasteiger partial charge in [-0.25, -0.2) is 0 Å². The predicted molar refractivity (Wildman–Crippen MR) is 78.0 cm³/mol. The van der Waals surface area contributed by atoms with E-state index in [9.17, 15) is 0 Å². The molecule has 0 heterocycles. The Morgan fingerprint density at radius 3 is 2.50 bits per heavy atom. The first kappa shape index (κ1) is 15.2. The van der Waals surface area contributed by atoms with E-state index in [4.69, 9.17) is 4.74 Å². The summed E-state index contributed by atoms with van der Waals surface area (Å²) in [5.74, 6) is 0. The average molecular weight is 249 g/mol. The van der Waals surface area contributed by atoms with E-state index < -0.39 is 0 Å². The van der Waals surface area contributed by atoms with Gasteiger partial charge in [-0.3, -0.25) is 0 Å². The molecule has 0 aliphatic heterocycles. The van der Waals surface area contributed by atoms with Gasteiger partial charge in [-0.15, -0.1) is 0 Å². The van der Waals surface area contributed by atoms with Crippen molar-refractivity contribution in [3.05, 3.63) is 34.9 Å². The number of ether oxygens (including phenoxy) is 1. The topological polar surface area (TPSA) is 21.3 Å². The van der Waals surface area contributed by atoms with Crippen LogP contribution in [0.25, 0.3) is 0 Å². The molecule has 0 amide bonds. The highest BCUT2D eigenvalue weighted by atomic mass is 16.5. The van der Waals surface area contributed by atoms with Crippen LogP contribution < -0.4 is 5.32 Å². The summed E-state index contributed by atoms with van der Waals surface area (Å²) < 4.78 is 5.57. The largest absolute Gasteiger partial charge is 0.379 e. The first-order valence-electron chi connectivity index (χ1n) is 6.75. The Balaban J connectivity index is 3.00. The molecular formula is C16H27NO. The Kier molecular flexibility index (Phi) is 5.36. The van der Waals surface area contributed by atoms with Crippen LogP contribution in [0.5, 0.6) is 0 Å². The molecule has 102 valence electrons. The van der Waals surface area contributed by atoms with Crippen LogP contribution in [-0.2, 0) is 4.74 Å². The monoisotopic (exact) mass is 249 g/mol. The molecule has 1 unspecified atom stereocenters. The van der Waals surface area contributed by atoms with E-state index >= 15 is 0 Å². The third-order valence-electron chi connectivity index (χ3n) is 3.51. The van der Waals surface area contributed by atoms with E-state index in [-0.39, 0.29) is 5.60 Å². The molecule has 1 aromatic carbocycles. The number of hydrogen-bond acceptors (Lipinski definition) is 2. The quantitative estimate of drug-likeness (QED) is 0.828.